The molecular formula is C28H27FN6O3S. The summed E-state index contributed by atoms with van der Waals surface area (Å²) in [5, 5.41) is 7.72. The van der Waals surface area contributed by atoms with E-state index < -0.39 is 11.8 Å². The molecule has 2 amide bonds. The van der Waals surface area contributed by atoms with E-state index in [1.807, 2.05) is 0 Å². The molecule has 200 valence electrons. The minimum atomic E-state index is -0.665. The number of hydrogen-bond acceptors (Lipinski definition) is 7. The highest BCUT2D eigenvalue weighted by Crippen LogP contribution is 2.38. The minimum Gasteiger partial charge on any atom is -0.504 e. The minimum absolute atomic E-state index is 0.00615. The van der Waals surface area contributed by atoms with Gasteiger partial charge < -0.3 is 19.7 Å². The van der Waals surface area contributed by atoms with E-state index in [0.717, 1.165) is 26.1 Å². The number of nitrogens with zero attached hydrogens (tertiary/aromatic N) is 4. The molecule has 0 bridgehead atoms. The molecule has 0 radical (unpaired) electrons. The van der Waals surface area contributed by atoms with Gasteiger partial charge in [0.05, 0.1) is 24.4 Å². The number of fused-ring (bicyclic) bond motifs is 1. The number of carbonyl (C=O) groups excluding carboxylic acids is 1. The first-order chi connectivity index (χ1) is 19.1. The van der Waals surface area contributed by atoms with E-state index in [4.69, 9.17) is 16.0 Å². The molecule has 2 N–H and O–H groups in total. The van der Waals surface area contributed by atoms with E-state index in [1.165, 1.54) is 42.7 Å². The average molecular weight is 547 g/mol. The summed E-state index contributed by atoms with van der Waals surface area (Å²) < 4.78 is 26.7. The molecule has 9 nitrogen and oxygen atoms in total. The number of piperidine rings is 1. The maximum atomic E-state index is 14.7. The molecule has 1 fully saturated rings. The van der Waals surface area contributed by atoms with Gasteiger partial charge in [-0.2, -0.15) is 0 Å². The van der Waals surface area contributed by atoms with E-state index in [0.29, 0.717) is 39.8 Å². The number of urea groups is 1. The third-order valence-electron chi connectivity index (χ3n) is 6.30. The summed E-state index contributed by atoms with van der Waals surface area (Å²) in [5.41, 5.74) is 0.951. The van der Waals surface area contributed by atoms with Crippen LogP contribution in [0.2, 0.25) is 0 Å². The van der Waals surface area contributed by atoms with Gasteiger partial charge in [-0.25, -0.2) is 19.0 Å². The molecule has 39 heavy (non-hydrogen) atoms. The highest BCUT2D eigenvalue weighted by molar-refractivity contribution is 7.13. The van der Waals surface area contributed by atoms with Gasteiger partial charge >= 0.3 is 6.03 Å². The molecule has 0 unspecified atom stereocenters. The van der Waals surface area contributed by atoms with Gasteiger partial charge in [0, 0.05) is 35.8 Å². The van der Waals surface area contributed by atoms with Gasteiger partial charge in [-0.15, -0.1) is 11.3 Å². The fraction of sp³-hybridized carbons (Fsp3) is 0.286. The van der Waals surface area contributed by atoms with Crippen LogP contribution in [-0.4, -0.2) is 47.1 Å². The maximum Gasteiger partial charge on any atom is 0.325 e. The lowest BCUT2D eigenvalue weighted by Crippen LogP contribution is -2.31. The Labute approximate surface area is 229 Å². The highest BCUT2D eigenvalue weighted by Gasteiger charge is 2.14. The predicted molar refractivity (Wildman–Crippen MR) is 150 cm³/mol. The summed E-state index contributed by atoms with van der Waals surface area (Å²) in [5.74, 6) is 0.469. The molecule has 0 saturated carbocycles. The number of ether oxygens (including phenoxy) is 2. The molecule has 1 saturated heterocycles. The van der Waals surface area contributed by atoms with Gasteiger partial charge in [-0.1, -0.05) is 6.42 Å². The molecule has 3 heterocycles. The summed E-state index contributed by atoms with van der Waals surface area (Å²) in [7, 11) is 0. The van der Waals surface area contributed by atoms with Crippen LogP contribution in [0.3, 0.4) is 0 Å². The van der Waals surface area contributed by atoms with Crippen LogP contribution >= 0.6 is 11.3 Å². The van der Waals surface area contributed by atoms with E-state index >= 15 is 0 Å². The third-order valence-corrected chi connectivity index (χ3v) is 6.99. The number of amides is 2. The highest BCUT2D eigenvalue weighted by atomic mass is 32.1. The first-order valence-corrected chi connectivity index (χ1v) is 13.6. The van der Waals surface area contributed by atoms with Crippen LogP contribution in [0, 0.1) is 12.4 Å². The second kappa shape index (κ2) is 12.5. The number of halogens is 1. The Morgan fingerprint density at radius 2 is 1.95 bits per heavy atom. The predicted octanol–water partition coefficient (Wildman–Crippen LogP) is 7.07. The molecule has 1 aliphatic heterocycles. The van der Waals surface area contributed by atoms with Crippen molar-refractivity contribution in [3.8, 4) is 17.2 Å². The SMILES string of the molecule is [C-]#[N+]c1cc2c(Oc3ccc(NC(=O)Nc4nccs4)c(F)c3)ccnc2cc1OCCCN1CCCCC1. The second-order valence-electron chi connectivity index (χ2n) is 9.02. The quantitative estimate of drug-likeness (QED) is 0.172. The number of benzene rings is 2. The molecule has 11 heteroatoms. The molecule has 4 aromatic rings. The first-order valence-electron chi connectivity index (χ1n) is 12.7. The van der Waals surface area contributed by atoms with E-state index in [1.54, 1.807) is 42.0 Å². The van der Waals surface area contributed by atoms with E-state index in [9.17, 15) is 9.18 Å². The molecule has 2 aromatic carbocycles. The fourth-order valence-corrected chi connectivity index (χ4v) is 4.93. The Morgan fingerprint density at radius 3 is 2.72 bits per heavy atom. The Bertz CT molecular complexity index is 1480. The summed E-state index contributed by atoms with van der Waals surface area (Å²) in [6.45, 7) is 11.4. The number of pyridine rings is 1. The zero-order chi connectivity index (χ0) is 27.0. The van der Waals surface area contributed by atoms with Gasteiger partial charge in [-0.05, 0) is 62.7 Å². The molecule has 0 atom stereocenters. The number of carbonyl (C=O) groups is 1. The molecule has 0 aliphatic carbocycles. The van der Waals surface area contributed by atoms with Crippen LogP contribution in [0.4, 0.5) is 25.7 Å². The van der Waals surface area contributed by atoms with Crippen molar-refractivity contribution < 1.29 is 18.7 Å². The summed E-state index contributed by atoms with van der Waals surface area (Å²) in [6.07, 6.45) is 7.84. The lowest BCUT2D eigenvalue weighted by atomic mass is 10.1. The zero-order valence-electron chi connectivity index (χ0n) is 21.2. The van der Waals surface area contributed by atoms with Crippen LogP contribution in [-0.2, 0) is 0 Å². The lowest BCUT2D eigenvalue weighted by Gasteiger charge is -2.26. The molecule has 5 rings (SSSR count). The van der Waals surface area contributed by atoms with Gasteiger partial charge in [0.25, 0.3) is 0 Å². The Balaban J connectivity index is 1.25. The van der Waals surface area contributed by atoms with Crippen molar-refractivity contribution in [3.05, 3.63) is 71.4 Å². The summed E-state index contributed by atoms with van der Waals surface area (Å²) in [4.78, 5) is 26.6. The topological polar surface area (TPSA) is 93.0 Å². The van der Waals surface area contributed by atoms with E-state index in [-0.39, 0.29) is 11.4 Å². The largest absolute Gasteiger partial charge is 0.504 e. The lowest BCUT2D eigenvalue weighted by molar-refractivity contribution is 0.205. The first kappa shape index (κ1) is 26.3. The molecular weight excluding hydrogens is 519 g/mol. The zero-order valence-corrected chi connectivity index (χ0v) is 22.0. The molecule has 1 aliphatic rings. The van der Waals surface area contributed by atoms with Gasteiger partial charge in [-0.3, -0.25) is 10.3 Å². The van der Waals surface area contributed by atoms with Crippen molar-refractivity contribution >= 4 is 44.8 Å². The third kappa shape index (κ3) is 6.79. The van der Waals surface area contributed by atoms with Crippen LogP contribution < -0.4 is 20.1 Å². The smallest absolute Gasteiger partial charge is 0.325 e. The Kier molecular flexibility index (Phi) is 8.45. The van der Waals surface area contributed by atoms with Crippen molar-refractivity contribution in [3.63, 3.8) is 0 Å². The Hall–Kier alpha value is -4.27. The van der Waals surface area contributed by atoms with Crippen LogP contribution in [0.1, 0.15) is 25.7 Å². The number of anilines is 2. The van der Waals surface area contributed by atoms with Crippen molar-refractivity contribution in [2.75, 3.05) is 36.9 Å². The van der Waals surface area contributed by atoms with Gasteiger partial charge in [0.1, 0.15) is 23.1 Å². The van der Waals surface area contributed by atoms with Crippen LogP contribution in [0.15, 0.2) is 54.2 Å². The van der Waals surface area contributed by atoms with Crippen LogP contribution in [0.25, 0.3) is 15.7 Å². The van der Waals surface area contributed by atoms with Crippen molar-refractivity contribution in [1.82, 2.24) is 14.9 Å². The monoisotopic (exact) mass is 546 g/mol. The van der Waals surface area contributed by atoms with Gasteiger partial charge in [0.2, 0.25) is 5.69 Å². The number of hydrogen-bond donors (Lipinski definition) is 2. The van der Waals surface area contributed by atoms with Crippen molar-refractivity contribution in [2.45, 2.75) is 25.7 Å². The summed E-state index contributed by atoms with van der Waals surface area (Å²) in [6, 6.07) is 8.61. The van der Waals surface area contributed by atoms with Crippen LogP contribution in [0.5, 0.6) is 17.2 Å². The number of rotatable bonds is 9. The summed E-state index contributed by atoms with van der Waals surface area (Å²) >= 11 is 1.25. The average Bonchev–Trinajstić information content (AvgIpc) is 3.46. The second-order valence-corrected chi connectivity index (χ2v) is 9.92. The van der Waals surface area contributed by atoms with E-state index in [2.05, 4.69) is 30.3 Å². The number of thiazole rings is 1. The fourth-order valence-electron chi connectivity index (χ4n) is 4.41. The van der Waals surface area contributed by atoms with Crippen molar-refractivity contribution in [1.29, 1.82) is 0 Å². The standard InChI is InChI=1S/C28H27FN6O3S/c1-30-24-17-20-23(18-26(24)37-14-5-13-35-11-3-2-4-12-35)31-9-8-25(20)38-19-6-7-22(21(29)16-19)33-27(36)34-28-32-10-15-39-28/h6-10,15-18H,2-5,11-14H2,(H2,32,33,34,36). The Morgan fingerprint density at radius 1 is 1.08 bits per heavy atom. The number of aromatic nitrogens is 2. The maximum absolute atomic E-state index is 14.7. The normalized spacial score (nSPS) is 13.5. The van der Waals surface area contributed by atoms with Gasteiger partial charge in [0.15, 0.2) is 5.13 Å². The van der Waals surface area contributed by atoms with Crippen molar-refractivity contribution in [2.24, 2.45) is 0 Å². The number of nitrogens with one attached hydrogen (secondary N) is 2. The molecule has 2 aromatic heterocycles. The number of likely N-dealkylation sites (tertiary alicyclic amines) is 1. The molecule has 0 spiro atoms.